The molecule has 11 heteroatoms. The first kappa shape index (κ1) is 28.9. The minimum atomic E-state index is -4.13. The normalized spacial score (nSPS) is 11.1. The van der Waals surface area contributed by atoms with Crippen LogP contribution in [0.15, 0.2) is 107 Å². The molecule has 5 rings (SSSR count). The lowest BCUT2D eigenvalue weighted by Crippen LogP contribution is -2.25. The molecule has 0 radical (unpaired) electrons. The van der Waals surface area contributed by atoms with Crippen molar-refractivity contribution < 1.29 is 27.4 Å². The Hall–Kier alpha value is -4.61. The number of carbonyl (C=O) groups excluding carboxylic acids is 1. The van der Waals surface area contributed by atoms with Gasteiger partial charge in [0, 0.05) is 22.6 Å². The van der Waals surface area contributed by atoms with E-state index in [0.29, 0.717) is 33.9 Å². The first-order valence-corrected chi connectivity index (χ1v) is 15.0. The number of carbonyl (C=O) groups is 1. The smallest absolute Gasteiger partial charge is 0.264 e. The van der Waals surface area contributed by atoms with Gasteiger partial charge in [-0.15, -0.1) is 0 Å². The predicted molar refractivity (Wildman–Crippen MR) is 164 cm³/mol. The molecular formula is C31H26BrN3O6S. The number of nitrogens with one attached hydrogen (secondary N) is 2. The summed E-state index contributed by atoms with van der Waals surface area (Å²) in [6.45, 7) is 0.148. The standard InChI is InChI=1S/C31H26BrN3O6S/c1-39-27-14-11-20(16-28(27)40-2)19-34-31(36)25-18-24(41-23-9-4-8-22(32)17-23)12-13-26(25)35-42(37,38)29-10-3-6-21-7-5-15-33-30(21)29/h3-18,35H,19H2,1-2H3,(H,34,36). The Kier molecular flexibility index (Phi) is 8.60. The summed E-state index contributed by atoms with van der Waals surface area (Å²) < 4.78 is 47.1. The van der Waals surface area contributed by atoms with Gasteiger partial charge in [-0.3, -0.25) is 14.5 Å². The first-order chi connectivity index (χ1) is 20.3. The third-order valence-electron chi connectivity index (χ3n) is 6.30. The van der Waals surface area contributed by atoms with E-state index in [1.807, 2.05) is 12.1 Å². The van der Waals surface area contributed by atoms with Gasteiger partial charge in [0.15, 0.2) is 11.5 Å². The van der Waals surface area contributed by atoms with Crippen LogP contribution in [0.25, 0.3) is 10.9 Å². The highest BCUT2D eigenvalue weighted by Gasteiger charge is 2.22. The molecule has 0 spiro atoms. The second-order valence-electron chi connectivity index (χ2n) is 9.08. The predicted octanol–water partition coefficient (Wildman–Crippen LogP) is 6.54. The van der Waals surface area contributed by atoms with E-state index in [4.69, 9.17) is 14.2 Å². The zero-order valence-corrected chi connectivity index (χ0v) is 25.0. The van der Waals surface area contributed by atoms with E-state index in [1.54, 1.807) is 67.8 Å². The monoisotopic (exact) mass is 647 g/mol. The summed E-state index contributed by atoms with van der Waals surface area (Å²) in [4.78, 5) is 17.8. The Morgan fingerprint density at radius 2 is 1.62 bits per heavy atom. The minimum absolute atomic E-state index is 0.00764. The number of benzene rings is 4. The van der Waals surface area contributed by atoms with Crippen LogP contribution in [0.3, 0.4) is 0 Å². The topological polar surface area (TPSA) is 116 Å². The number of sulfonamides is 1. The molecule has 0 saturated carbocycles. The zero-order valence-electron chi connectivity index (χ0n) is 22.6. The number of hydrogen-bond donors (Lipinski definition) is 2. The van der Waals surface area contributed by atoms with Crippen LogP contribution in [-0.4, -0.2) is 33.5 Å². The molecule has 0 fully saturated rings. The molecule has 0 unspecified atom stereocenters. The lowest BCUT2D eigenvalue weighted by atomic mass is 10.1. The maximum Gasteiger partial charge on any atom is 0.264 e. The van der Waals surface area contributed by atoms with Gasteiger partial charge in [0.2, 0.25) is 0 Å². The van der Waals surface area contributed by atoms with Crippen molar-refractivity contribution in [3.8, 4) is 23.0 Å². The van der Waals surface area contributed by atoms with Crippen molar-refractivity contribution >= 4 is 48.5 Å². The van der Waals surface area contributed by atoms with Gasteiger partial charge in [-0.05, 0) is 66.2 Å². The molecule has 0 aliphatic heterocycles. The highest BCUT2D eigenvalue weighted by atomic mass is 79.9. The second-order valence-corrected chi connectivity index (χ2v) is 11.6. The summed E-state index contributed by atoms with van der Waals surface area (Å²) in [6.07, 6.45) is 1.53. The van der Waals surface area contributed by atoms with Gasteiger partial charge in [-0.2, -0.15) is 0 Å². The molecule has 2 N–H and O–H groups in total. The molecule has 0 atom stereocenters. The van der Waals surface area contributed by atoms with Crippen molar-refractivity contribution in [3.05, 3.63) is 113 Å². The quantitative estimate of drug-likeness (QED) is 0.177. The SMILES string of the molecule is COc1ccc(CNC(=O)c2cc(Oc3cccc(Br)c3)ccc2NS(=O)(=O)c2cccc3cccnc23)cc1OC. The molecule has 9 nitrogen and oxygen atoms in total. The molecule has 1 amide bonds. The zero-order chi connectivity index (χ0) is 29.7. The Morgan fingerprint density at radius 1 is 0.857 bits per heavy atom. The van der Waals surface area contributed by atoms with Crippen LogP contribution in [0, 0.1) is 0 Å². The molecule has 1 aromatic heterocycles. The van der Waals surface area contributed by atoms with E-state index in [2.05, 4.69) is 31.0 Å². The van der Waals surface area contributed by atoms with Crippen molar-refractivity contribution in [2.45, 2.75) is 11.4 Å². The summed E-state index contributed by atoms with van der Waals surface area (Å²) in [5.41, 5.74) is 1.22. The Bertz CT molecular complexity index is 1880. The van der Waals surface area contributed by atoms with Gasteiger partial charge >= 0.3 is 0 Å². The number of amides is 1. The molecule has 0 aliphatic rings. The average molecular weight is 649 g/mol. The third kappa shape index (κ3) is 6.48. The number of halogens is 1. The van der Waals surface area contributed by atoms with E-state index in [1.165, 1.54) is 31.5 Å². The summed E-state index contributed by atoms with van der Waals surface area (Å²) in [6, 6.07) is 25.5. The lowest BCUT2D eigenvalue weighted by Gasteiger charge is -2.16. The van der Waals surface area contributed by atoms with Crippen LogP contribution in [0.4, 0.5) is 5.69 Å². The fourth-order valence-electron chi connectivity index (χ4n) is 4.29. The van der Waals surface area contributed by atoms with Gasteiger partial charge in [-0.1, -0.05) is 46.3 Å². The molecule has 0 aliphatic carbocycles. The maximum atomic E-state index is 13.6. The van der Waals surface area contributed by atoms with E-state index < -0.39 is 15.9 Å². The number of ether oxygens (including phenoxy) is 3. The molecule has 214 valence electrons. The summed E-state index contributed by atoms with van der Waals surface area (Å²) in [5, 5.41) is 3.53. The van der Waals surface area contributed by atoms with Gasteiger partial charge in [-0.25, -0.2) is 8.42 Å². The highest BCUT2D eigenvalue weighted by molar-refractivity contribution is 9.10. The fraction of sp³-hybridized carbons (Fsp3) is 0.0968. The number of para-hydroxylation sites is 1. The molecule has 4 aromatic carbocycles. The Morgan fingerprint density at radius 3 is 2.40 bits per heavy atom. The molecule has 0 bridgehead atoms. The van der Waals surface area contributed by atoms with Gasteiger partial charge < -0.3 is 19.5 Å². The Labute approximate surface area is 251 Å². The maximum absolute atomic E-state index is 13.6. The second kappa shape index (κ2) is 12.5. The number of methoxy groups -OCH3 is 2. The summed E-state index contributed by atoms with van der Waals surface area (Å²) in [5.74, 6) is 1.45. The number of anilines is 1. The number of pyridine rings is 1. The number of aromatic nitrogens is 1. The molecule has 1 heterocycles. The largest absolute Gasteiger partial charge is 0.493 e. The number of hydrogen-bond acceptors (Lipinski definition) is 7. The van der Waals surface area contributed by atoms with E-state index >= 15 is 0 Å². The number of rotatable bonds is 10. The highest BCUT2D eigenvalue weighted by Crippen LogP contribution is 2.31. The van der Waals surface area contributed by atoms with Crippen LogP contribution < -0.4 is 24.2 Å². The third-order valence-corrected chi connectivity index (χ3v) is 8.19. The van der Waals surface area contributed by atoms with Crippen molar-refractivity contribution in [1.29, 1.82) is 0 Å². The van der Waals surface area contributed by atoms with E-state index in [0.717, 1.165) is 10.0 Å². The van der Waals surface area contributed by atoms with Crippen LogP contribution in [0.2, 0.25) is 0 Å². The average Bonchev–Trinajstić information content (AvgIpc) is 3.00. The van der Waals surface area contributed by atoms with Gasteiger partial charge in [0.25, 0.3) is 15.9 Å². The van der Waals surface area contributed by atoms with E-state index in [9.17, 15) is 13.2 Å². The lowest BCUT2D eigenvalue weighted by molar-refractivity contribution is 0.0951. The van der Waals surface area contributed by atoms with Crippen LogP contribution >= 0.6 is 15.9 Å². The van der Waals surface area contributed by atoms with Gasteiger partial charge in [0.05, 0.1) is 31.0 Å². The van der Waals surface area contributed by atoms with Crippen LogP contribution in [0.1, 0.15) is 15.9 Å². The van der Waals surface area contributed by atoms with Crippen molar-refractivity contribution in [2.75, 3.05) is 18.9 Å². The van der Waals surface area contributed by atoms with Crippen molar-refractivity contribution in [3.63, 3.8) is 0 Å². The molecular weight excluding hydrogens is 622 g/mol. The molecule has 42 heavy (non-hydrogen) atoms. The van der Waals surface area contributed by atoms with Crippen molar-refractivity contribution in [2.24, 2.45) is 0 Å². The molecule has 5 aromatic rings. The van der Waals surface area contributed by atoms with Gasteiger partial charge in [0.1, 0.15) is 16.4 Å². The minimum Gasteiger partial charge on any atom is -0.493 e. The fourth-order valence-corrected chi connectivity index (χ4v) is 5.93. The van der Waals surface area contributed by atoms with Crippen molar-refractivity contribution in [1.82, 2.24) is 10.3 Å². The summed E-state index contributed by atoms with van der Waals surface area (Å²) in [7, 11) is -1.06. The first-order valence-electron chi connectivity index (χ1n) is 12.7. The van der Waals surface area contributed by atoms with E-state index in [-0.39, 0.29) is 22.7 Å². The van der Waals surface area contributed by atoms with Crippen LogP contribution in [-0.2, 0) is 16.6 Å². The Balaban J connectivity index is 1.47. The molecule has 0 saturated heterocycles. The summed E-state index contributed by atoms with van der Waals surface area (Å²) >= 11 is 3.42. The van der Waals surface area contributed by atoms with Crippen LogP contribution in [0.5, 0.6) is 23.0 Å². The number of fused-ring (bicyclic) bond motifs is 1. The number of nitrogens with zero attached hydrogens (tertiary/aromatic N) is 1.